The first-order chi connectivity index (χ1) is 14.3. The third kappa shape index (κ3) is 2.99. The molecule has 3 atom stereocenters. The summed E-state index contributed by atoms with van der Waals surface area (Å²) >= 11 is 0. The van der Waals surface area contributed by atoms with Crippen LogP contribution in [-0.4, -0.2) is 54.9 Å². The Hall–Kier alpha value is -2.24. The average molecular weight is 392 g/mol. The van der Waals surface area contributed by atoms with E-state index >= 15 is 0 Å². The van der Waals surface area contributed by atoms with E-state index in [9.17, 15) is 0 Å². The molecule has 5 aliphatic rings. The van der Waals surface area contributed by atoms with Crippen molar-refractivity contribution in [2.75, 3.05) is 33.0 Å². The van der Waals surface area contributed by atoms with E-state index in [0.717, 1.165) is 36.3 Å². The van der Waals surface area contributed by atoms with Crippen LogP contribution >= 0.6 is 0 Å². The minimum atomic E-state index is 0.340. The van der Waals surface area contributed by atoms with Gasteiger partial charge >= 0.3 is 0 Å². The second kappa shape index (κ2) is 6.92. The van der Waals surface area contributed by atoms with Crippen LogP contribution in [0.1, 0.15) is 37.0 Å². The Morgan fingerprint density at radius 3 is 2.79 bits per heavy atom. The molecular weight excluding hydrogens is 364 g/mol. The summed E-state index contributed by atoms with van der Waals surface area (Å²) in [4.78, 5) is 5.50. The number of likely N-dealkylation sites (tertiary alicyclic amines) is 1. The average Bonchev–Trinajstić information content (AvgIpc) is 3.48. The maximum absolute atomic E-state index is 5.68. The fourth-order valence-corrected chi connectivity index (χ4v) is 6.14. The first kappa shape index (κ1) is 17.6. The standard InChI is InChI=1S/C24H28N2O3/c1-16(11-19-3-2-10-27-19)13-26-14-20(18-4-5-21-22(12-18)29-15-28-21)24-23(26)17-6-8-25(24)9-7-17/h2-5,10-12,17,20,23-24H,6-9,13-15H2,1H3/b16-11+/t20-,23+,24+/m0/s1. The van der Waals surface area contributed by atoms with Crippen LogP contribution in [0.15, 0.2) is 46.6 Å². The maximum Gasteiger partial charge on any atom is 0.231 e. The van der Waals surface area contributed by atoms with Crippen molar-refractivity contribution in [2.24, 2.45) is 5.92 Å². The summed E-state index contributed by atoms with van der Waals surface area (Å²) in [5.41, 5.74) is 2.76. The Labute approximate surface area is 171 Å². The minimum absolute atomic E-state index is 0.340. The van der Waals surface area contributed by atoms with Gasteiger partial charge < -0.3 is 13.9 Å². The van der Waals surface area contributed by atoms with Gasteiger partial charge in [-0.1, -0.05) is 11.6 Å². The van der Waals surface area contributed by atoms with Gasteiger partial charge in [-0.25, -0.2) is 0 Å². The van der Waals surface area contributed by atoms with Gasteiger partial charge in [-0.05, 0) is 74.7 Å². The van der Waals surface area contributed by atoms with Crippen LogP contribution < -0.4 is 9.47 Å². The first-order valence-electron chi connectivity index (χ1n) is 10.8. The van der Waals surface area contributed by atoms with E-state index in [1.807, 2.05) is 12.1 Å². The molecule has 5 heteroatoms. The molecule has 1 aromatic carbocycles. The topological polar surface area (TPSA) is 38.1 Å². The molecule has 4 fully saturated rings. The van der Waals surface area contributed by atoms with Gasteiger partial charge in [-0.15, -0.1) is 0 Å². The molecule has 4 saturated heterocycles. The first-order valence-corrected chi connectivity index (χ1v) is 10.8. The van der Waals surface area contributed by atoms with E-state index in [2.05, 4.69) is 41.0 Å². The van der Waals surface area contributed by atoms with Crippen molar-refractivity contribution < 1.29 is 13.9 Å². The lowest BCUT2D eigenvalue weighted by atomic mass is 9.75. The molecule has 0 aliphatic carbocycles. The molecule has 0 spiro atoms. The second-order valence-electron chi connectivity index (χ2n) is 9.01. The summed E-state index contributed by atoms with van der Waals surface area (Å²) in [6.07, 6.45) is 6.61. The smallest absolute Gasteiger partial charge is 0.231 e. The van der Waals surface area contributed by atoms with Crippen LogP contribution in [0, 0.1) is 5.92 Å². The highest BCUT2D eigenvalue weighted by Gasteiger charge is 2.53. The number of piperidine rings is 3. The summed E-state index contributed by atoms with van der Waals surface area (Å²) in [6, 6.07) is 11.8. The zero-order valence-electron chi connectivity index (χ0n) is 16.9. The van der Waals surface area contributed by atoms with Gasteiger partial charge in [0, 0.05) is 31.1 Å². The van der Waals surface area contributed by atoms with Crippen molar-refractivity contribution in [1.82, 2.24) is 9.80 Å². The molecular formula is C24H28N2O3. The molecule has 7 rings (SSSR count). The molecule has 0 unspecified atom stereocenters. The summed E-state index contributed by atoms with van der Waals surface area (Å²) in [7, 11) is 0. The third-order valence-corrected chi connectivity index (χ3v) is 7.30. The molecule has 6 heterocycles. The van der Waals surface area contributed by atoms with Gasteiger partial charge in [0.05, 0.1) is 6.26 Å². The Bertz CT molecular complexity index is 914. The van der Waals surface area contributed by atoms with Crippen LogP contribution in [0.3, 0.4) is 0 Å². The Balaban J connectivity index is 1.30. The van der Waals surface area contributed by atoms with E-state index in [1.165, 1.54) is 37.1 Å². The Morgan fingerprint density at radius 2 is 1.97 bits per heavy atom. The number of fused-ring (bicyclic) bond motifs is 3. The lowest BCUT2D eigenvalue weighted by molar-refractivity contribution is -0.00406. The van der Waals surface area contributed by atoms with Gasteiger partial charge in [0.25, 0.3) is 0 Å². The van der Waals surface area contributed by atoms with Crippen LogP contribution in [0.5, 0.6) is 11.5 Å². The summed E-state index contributed by atoms with van der Waals surface area (Å²) in [5.74, 6) is 4.07. The highest BCUT2D eigenvalue weighted by molar-refractivity contribution is 5.48. The Morgan fingerprint density at radius 1 is 1.10 bits per heavy atom. The van der Waals surface area contributed by atoms with Crippen molar-refractivity contribution in [3.8, 4) is 11.5 Å². The fourth-order valence-electron chi connectivity index (χ4n) is 6.14. The van der Waals surface area contributed by atoms with Crippen LogP contribution in [0.25, 0.3) is 6.08 Å². The molecule has 1 aromatic heterocycles. The molecule has 29 heavy (non-hydrogen) atoms. The Kier molecular flexibility index (Phi) is 4.20. The van der Waals surface area contributed by atoms with Crippen LogP contribution in [-0.2, 0) is 0 Å². The molecule has 5 aliphatic heterocycles. The number of benzene rings is 1. The van der Waals surface area contributed by atoms with Gasteiger partial charge in [-0.2, -0.15) is 0 Å². The third-order valence-electron chi connectivity index (χ3n) is 7.30. The fraction of sp³-hybridized carbons (Fsp3) is 0.500. The normalized spacial score (nSPS) is 33.3. The number of ether oxygens (including phenoxy) is 2. The van der Waals surface area contributed by atoms with E-state index in [1.54, 1.807) is 6.26 Å². The van der Waals surface area contributed by atoms with Crippen molar-refractivity contribution in [3.63, 3.8) is 0 Å². The summed E-state index contributed by atoms with van der Waals surface area (Å²) in [6.45, 7) is 7.18. The molecule has 2 bridgehead atoms. The van der Waals surface area contributed by atoms with Crippen LogP contribution in [0.4, 0.5) is 0 Å². The van der Waals surface area contributed by atoms with Crippen molar-refractivity contribution in [3.05, 3.63) is 53.5 Å². The minimum Gasteiger partial charge on any atom is -0.465 e. The van der Waals surface area contributed by atoms with Gasteiger partial charge in [0.1, 0.15) is 5.76 Å². The number of furan rings is 1. The molecule has 0 radical (unpaired) electrons. The summed E-state index contributed by atoms with van der Waals surface area (Å²) < 4.78 is 16.7. The van der Waals surface area contributed by atoms with Crippen molar-refractivity contribution in [1.29, 1.82) is 0 Å². The molecule has 5 nitrogen and oxygen atoms in total. The monoisotopic (exact) mass is 392 g/mol. The highest BCUT2D eigenvalue weighted by Crippen LogP contribution is 2.48. The molecule has 2 aromatic rings. The van der Waals surface area contributed by atoms with Gasteiger partial charge in [-0.3, -0.25) is 9.80 Å². The number of hydrogen-bond acceptors (Lipinski definition) is 5. The number of nitrogens with zero attached hydrogens (tertiary/aromatic N) is 2. The number of hydrogen-bond donors (Lipinski definition) is 0. The van der Waals surface area contributed by atoms with Crippen LogP contribution in [0.2, 0.25) is 0 Å². The van der Waals surface area contributed by atoms with E-state index in [0.29, 0.717) is 24.8 Å². The van der Waals surface area contributed by atoms with Gasteiger partial charge in [0.15, 0.2) is 11.5 Å². The van der Waals surface area contributed by atoms with Crippen molar-refractivity contribution >= 4 is 6.08 Å². The maximum atomic E-state index is 5.68. The van der Waals surface area contributed by atoms with Gasteiger partial charge in [0.2, 0.25) is 6.79 Å². The highest BCUT2D eigenvalue weighted by atomic mass is 16.7. The zero-order valence-corrected chi connectivity index (χ0v) is 16.9. The predicted molar refractivity (Wildman–Crippen MR) is 111 cm³/mol. The van der Waals surface area contributed by atoms with E-state index in [-0.39, 0.29) is 0 Å². The molecule has 0 amide bonds. The second-order valence-corrected chi connectivity index (χ2v) is 9.01. The quantitative estimate of drug-likeness (QED) is 0.787. The molecule has 0 saturated carbocycles. The molecule has 152 valence electrons. The lowest BCUT2D eigenvalue weighted by Crippen LogP contribution is -2.60. The summed E-state index contributed by atoms with van der Waals surface area (Å²) in [5, 5.41) is 0. The van der Waals surface area contributed by atoms with Crippen molar-refractivity contribution in [2.45, 2.75) is 37.8 Å². The zero-order chi connectivity index (χ0) is 19.4. The largest absolute Gasteiger partial charge is 0.465 e. The van der Waals surface area contributed by atoms with E-state index in [4.69, 9.17) is 13.9 Å². The van der Waals surface area contributed by atoms with E-state index < -0.39 is 0 Å². The number of rotatable bonds is 4. The molecule has 0 N–H and O–H groups in total. The predicted octanol–water partition coefficient (Wildman–Crippen LogP) is 3.97. The lowest BCUT2D eigenvalue weighted by Gasteiger charge is -2.51. The SMILES string of the molecule is C/C(=C\c1ccco1)CN1C[C@@H](c2ccc3c(c2)OCO3)[C@@H]2[C@H]1C1CCN2CC1.